The van der Waals surface area contributed by atoms with E-state index in [0.29, 0.717) is 13.2 Å². The predicted octanol–water partition coefficient (Wildman–Crippen LogP) is 2.92. The van der Waals surface area contributed by atoms with Crippen molar-refractivity contribution in [3.8, 4) is 5.75 Å². The Morgan fingerprint density at radius 1 is 1.55 bits per heavy atom. The van der Waals surface area contributed by atoms with Crippen LogP contribution in [0.5, 0.6) is 5.75 Å². The molecule has 1 aliphatic heterocycles. The molecule has 0 aromatic heterocycles. The third-order valence-corrected chi connectivity index (χ3v) is 3.13. The maximum atomic E-state index is 11.3. The quantitative estimate of drug-likeness (QED) is 0.655. The Balaban J connectivity index is 1.95. The molecule has 6 heteroatoms. The van der Waals surface area contributed by atoms with Crippen molar-refractivity contribution in [2.75, 3.05) is 13.2 Å². The minimum absolute atomic E-state index is 0.302. The molecule has 20 heavy (non-hydrogen) atoms. The van der Waals surface area contributed by atoms with E-state index in [2.05, 4.69) is 31.8 Å². The third-order valence-electron chi connectivity index (χ3n) is 2.64. The smallest absolute Gasteiger partial charge is 0.335 e. The Labute approximate surface area is 126 Å². The van der Waals surface area contributed by atoms with E-state index in [1.54, 1.807) is 6.21 Å². The molecule has 1 aromatic carbocycles. The molecule has 0 aliphatic carbocycles. The number of fused-ring (bicyclic) bond motifs is 1. The van der Waals surface area contributed by atoms with Crippen LogP contribution in [0.3, 0.4) is 0 Å². The second-order valence-electron chi connectivity index (χ2n) is 4.32. The first kappa shape index (κ1) is 14.6. The highest BCUT2D eigenvalue weighted by molar-refractivity contribution is 9.10. The number of hydrazone groups is 1. The molecular formula is C14H16BrN3O2. The maximum absolute atomic E-state index is 11.3. The minimum Gasteiger partial charge on any atom is -0.488 e. The van der Waals surface area contributed by atoms with Crippen LogP contribution in [0.2, 0.25) is 0 Å². The van der Waals surface area contributed by atoms with Crippen LogP contribution < -0.4 is 15.5 Å². The lowest BCUT2D eigenvalue weighted by Crippen LogP contribution is -2.32. The molecule has 2 N–H and O–H groups in total. The molecule has 2 amide bonds. The fraction of sp³-hybridized carbons (Fsp3) is 0.286. The number of amides is 2. The standard InChI is InChI=1S/C14H16BrN3O2/c1-2-5-16-14(19)18-17-8-10-6-11-7-12(15)3-4-13(11)20-9-10/h3-4,6-8H,2,5,9H2,1H3,(H2,16,18,19)/b17-8+. The summed E-state index contributed by atoms with van der Waals surface area (Å²) >= 11 is 3.42. The Morgan fingerprint density at radius 3 is 3.20 bits per heavy atom. The lowest BCUT2D eigenvalue weighted by Gasteiger charge is -2.15. The number of carbonyl (C=O) groups is 1. The average Bonchev–Trinajstić information content (AvgIpc) is 2.44. The van der Waals surface area contributed by atoms with Gasteiger partial charge in [0.05, 0.1) is 6.21 Å². The van der Waals surface area contributed by atoms with Crippen LogP contribution in [-0.4, -0.2) is 25.4 Å². The van der Waals surface area contributed by atoms with Crippen LogP contribution in [0.4, 0.5) is 4.79 Å². The summed E-state index contributed by atoms with van der Waals surface area (Å²) in [6, 6.07) is 5.53. The molecule has 0 bridgehead atoms. The first-order valence-electron chi connectivity index (χ1n) is 6.39. The molecule has 0 atom stereocenters. The van der Waals surface area contributed by atoms with Crippen molar-refractivity contribution in [2.24, 2.45) is 5.10 Å². The van der Waals surface area contributed by atoms with Gasteiger partial charge in [0, 0.05) is 22.2 Å². The second kappa shape index (κ2) is 7.09. The summed E-state index contributed by atoms with van der Waals surface area (Å²) in [5.74, 6) is 0.846. The maximum Gasteiger partial charge on any atom is 0.335 e. The first-order valence-corrected chi connectivity index (χ1v) is 7.18. The SMILES string of the molecule is CCCNC(=O)N/N=C/C1=Cc2cc(Br)ccc2OC1. The van der Waals surface area contributed by atoms with Crippen molar-refractivity contribution in [1.29, 1.82) is 0 Å². The fourth-order valence-electron chi connectivity index (χ4n) is 1.69. The number of nitrogens with zero attached hydrogens (tertiary/aromatic N) is 1. The summed E-state index contributed by atoms with van der Waals surface area (Å²) in [4.78, 5) is 11.3. The van der Waals surface area contributed by atoms with Crippen molar-refractivity contribution in [2.45, 2.75) is 13.3 Å². The number of ether oxygens (including phenoxy) is 1. The molecule has 106 valence electrons. The number of carbonyl (C=O) groups excluding carboxylic acids is 1. The van der Waals surface area contributed by atoms with Gasteiger partial charge in [0.2, 0.25) is 0 Å². The highest BCUT2D eigenvalue weighted by Gasteiger charge is 2.10. The zero-order chi connectivity index (χ0) is 14.4. The lowest BCUT2D eigenvalue weighted by atomic mass is 10.1. The molecule has 0 unspecified atom stereocenters. The van der Waals surface area contributed by atoms with Gasteiger partial charge in [0.25, 0.3) is 0 Å². The summed E-state index contributed by atoms with van der Waals surface area (Å²) in [6.45, 7) is 3.06. The van der Waals surface area contributed by atoms with Crippen LogP contribution in [0.15, 0.2) is 33.3 Å². The first-order chi connectivity index (χ1) is 9.69. The van der Waals surface area contributed by atoms with E-state index >= 15 is 0 Å². The zero-order valence-corrected chi connectivity index (χ0v) is 12.7. The van der Waals surface area contributed by atoms with Crippen molar-refractivity contribution in [3.63, 3.8) is 0 Å². The minimum atomic E-state index is -0.302. The van der Waals surface area contributed by atoms with Gasteiger partial charge in [-0.15, -0.1) is 0 Å². The molecule has 1 heterocycles. The summed E-state index contributed by atoms with van der Waals surface area (Å²) in [6.07, 6.45) is 4.47. The molecule has 0 saturated carbocycles. The Bertz CT molecular complexity index is 555. The van der Waals surface area contributed by atoms with E-state index in [0.717, 1.165) is 27.8 Å². The van der Waals surface area contributed by atoms with Crippen LogP contribution in [0.1, 0.15) is 18.9 Å². The number of halogens is 1. The topological polar surface area (TPSA) is 62.7 Å². The van der Waals surface area contributed by atoms with E-state index in [1.807, 2.05) is 31.2 Å². The largest absolute Gasteiger partial charge is 0.488 e. The lowest BCUT2D eigenvalue weighted by molar-refractivity contribution is 0.241. The monoisotopic (exact) mass is 337 g/mol. The van der Waals surface area contributed by atoms with E-state index in [-0.39, 0.29) is 6.03 Å². The third kappa shape index (κ3) is 4.09. The van der Waals surface area contributed by atoms with Crippen molar-refractivity contribution in [1.82, 2.24) is 10.7 Å². The van der Waals surface area contributed by atoms with Gasteiger partial charge in [-0.3, -0.25) is 0 Å². The highest BCUT2D eigenvalue weighted by atomic mass is 79.9. The number of rotatable bonds is 4. The zero-order valence-electron chi connectivity index (χ0n) is 11.1. The number of nitrogens with one attached hydrogen (secondary N) is 2. The van der Waals surface area contributed by atoms with Gasteiger partial charge in [-0.2, -0.15) is 5.10 Å². The van der Waals surface area contributed by atoms with Crippen molar-refractivity contribution >= 4 is 34.3 Å². The number of hydrogen-bond acceptors (Lipinski definition) is 3. The van der Waals surface area contributed by atoms with E-state index in [1.165, 1.54) is 0 Å². The number of hydrogen-bond donors (Lipinski definition) is 2. The fourth-order valence-corrected chi connectivity index (χ4v) is 2.07. The van der Waals surface area contributed by atoms with Gasteiger partial charge in [0.1, 0.15) is 12.4 Å². The normalized spacial score (nSPS) is 13.4. The number of urea groups is 1. The summed E-state index contributed by atoms with van der Waals surface area (Å²) in [7, 11) is 0. The van der Waals surface area contributed by atoms with Crippen LogP contribution >= 0.6 is 15.9 Å². The van der Waals surface area contributed by atoms with E-state index < -0.39 is 0 Å². The van der Waals surface area contributed by atoms with Gasteiger partial charge in [-0.05, 0) is 30.7 Å². The molecular weight excluding hydrogens is 322 g/mol. The average molecular weight is 338 g/mol. The van der Waals surface area contributed by atoms with Crippen LogP contribution in [0.25, 0.3) is 6.08 Å². The Hall–Kier alpha value is -1.82. The molecule has 0 spiro atoms. The van der Waals surface area contributed by atoms with Crippen molar-refractivity contribution in [3.05, 3.63) is 33.8 Å². The Kier molecular flexibility index (Phi) is 5.17. The molecule has 1 aliphatic rings. The molecule has 0 radical (unpaired) electrons. The second-order valence-corrected chi connectivity index (χ2v) is 5.23. The van der Waals surface area contributed by atoms with Gasteiger partial charge in [-0.25, -0.2) is 10.2 Å². The van der Waals surface area contributed by atoms with E-state index in [9.17, 15) is 4.79 Å². The Morgan fingerprint density at radius 2 is 2.40 bits per heavy atom. The molecule has 0 saturated heterocycles. The number of benzene rings is 1. The summed E-state index contributed by atoms with van der Waals surface area (Å²) in [5.41, 5.74) is 4.30. The van der Waals surface area contributed by atoms with Crippen LogP contribution in [0, 0.1) is 0 Å². The van der Waals surface area contributed by atoms with E-state index in [4.69, 9.17) is 4.74 Å². The van der Waals surface area contributed by atoms with Crippen molar-refractivity contribution < 1.29 is 9.53 Å². The van der Waals surface area contributed by atoms with Gasteiger partial charge < -0.3 is 10.1 Å². The summed E-state index contributed by atoms with van der Waals surface area (Å²) in [5, 5.41) is 6.57. The van der Waals surface area contributed by atoms with Crippen LogP contribution in [-0.2, 0) is 0 Å². The van der Waals surface area contributed by atoms with Gasteiger partial charge in [0.15, 0.2) is 0 Å². The van der Waals surface area contributed by atoms with Gasteiger partial charge in [-0.1, -0.05) is 22.9 Å². The molecule has 5 nitrogen and oxygen atoms in total. The molecule has 0 fully saturated rings. The summed E-state index contributed by atoms with van der Waals surface area (Å²) < 4.78 is 6.60. The molecule has 1 aromatic rings. The highest BCUT2D eigenvalue weighted by Crippen LogP contribution is 2.28. The predicted molar refractivity (Wildman–Crippen MR) is 82.9 cm³/mol. The molecule has 2 rings (SSSR count). The van der Waals surface area contributed by atoms with Gasteiger partial charge >= 0.3 is 6.03 Å².